The molecule has 1 amide bonds. The van der Waals surface area contributed by atoms with Gasteiger partial charge in [0.25, 0.3) is 5.91 Å². The molecule has 1 aliphatic rings. The van der Waals surface area contributed by atoms with Gasteiger partial charge in [-0.3, -0.25) is 4.79 Å². The second kappa shape index (κ2) is 5.56. The first kappa shape index (κ1) is 12.5. The van der Waals surface area contributed by atoms with Gasteiger partial charge in [-0.2, -0.15) is 0 Å². The summed E-state index contributed by atoms with van der Waals surface area (Å²) in [5.41, 5.74) is 0.519. The van der Waals surface area contributed by atoms with Gasteiger partial charge in [0.15, 0.2) is 0 Å². The van der Waals surface area contributed by atoms with E-state index < -0.39 is 0 Å². The molecular weight excluding hydrogens is 238 g/mol. The topological polar surface area (TPSA) is 56.9 Å². The highest BCUT2D eigenvalue weighted by Gasteiger charge is 2.21. The predicted octanol–water partition coefficient (Wildman–Crippen LogP) is 1.79. The highest BCUT2D eigenvalue weighted by Crippen LogP contribution is 2.15. The molecule has 2 rings (SSSR count). The summed E-state index contributed by atoms with van der Waals surface area (Å²) >= 11 is 5.77. The summed E-state index contributed by atoms with van der Waals surface area (Å²) in [7, 11) is 0. The summed E-state index contributed by atoms with van der Waals surface area (Å²) in [6.45, 7) is 4.12. The van der Waals surface area contributed by atoms with Crippen LogP contribution in [-0.4, -0.2) is 30.0 Å². The average Bonchev–Trinajstić information content (AvgIpc) is 2.77. The Hall–Kier alpha value is -1.00. The van der Waals surface area contributed by atoms with Crippen LogP contribution in [0.2, 0.25) is 5.02 Å². The molecule has 0 radical (unpaired) electrons. The van der Waals surface area contributed by atoms with Crippen LogP contribution in [0.5, 0.6) is 0 Å². The molecule has 4 nitrogen and oxygen atoms in total. The predicted molar refractivity (Wildman–Crippen MR) is 68.3 cm³/mol. The largest absolute Gasteiger partial charge is 0.356 e. The van der Waals surface area contributed by atoms with E-state index in [4.69, 9.17) is 11.6 Å². The SMILES string of the molecule is CC(NC(=O)c1cc(Cl)c[nH]1)C1CCCNC1. The normalized spacial score (nSPS) is 22.1. The summed E-state index contributed by atoms with van der Waals surface area (Å²) < 4.78 is 0. The van der Waals surface area contributed by atoms with Crippen LogP contribution in [0.4, 0.5) is 0 Å². The van der Waals surface area contributed by atoms with Crippen molar-refractivity contribution in [2.75, 3.05) is 13.1 Å². The summed E-state index contributed by atoms with van der Waals surface area (Å²) in [4.78, 5) is 14.7. The van der Waals surface area contributed by atoms with Crippen LogP contribution >= 0.6 is 11.6 Å². The molecule has 2 atom stereocenters. The zero-order chi connectivity index (χ0) is 12.3. The van der Waals surface area contributed by atoms with E-state index in [-0.39, 0.29) is 11.9 Å². The van der Waals surface area contributed by atoms with Crippen molar-refractivity contribution in [1.82, 2.24) is 15.6 Å². The van der Waals surface area contributed by atoms with Gasteiger partial charge in [0.1, 0.15) is 5.69 Å². The van der Waals surface area contributed by atoms with Gasteiger partial charge in [0.05, 0.1) is 5.02 Å². The van der Waals surface area contributed by atoms with E-state index in [2.05, 4.69) is 22.5 Å². The molecule has 1 aromatic heterocycles. The highest BCUT2D eigenvalue weighted by molar-refractivity contribution is 6.30. The maximum Gasteiger partial charge on any atom is 0.267 e. The maximum atomic E-state index is 11.9. The Morgan fingerprint density at radius 3 is 3.06 bits per heavy atom. The number of carbonyl (C=O) groups excluding carboxylic acids is 1. The fourth-order valence-electron chi connectivity index (χ4n) is 2.21. The Labute approximate surface area is 106 Å². The minimum atomic E-state index is -0.0880. The molecular formula is C12H18ClN3O. The minimum absolute atomic E-state index is 0.0880. The molecule has 5 heteroatoms. The maximum absolute atomic E-state index is 11.9. The van der Waals surface area contributed by atoms with Gasteiger partial charge in [-0.25, -0.2) is 0 Å². The van der Waals surface area contributed by atoms with Crippen molar-refractivity contribution in [3.63, 3.8) is 0 Å². The van der Waals surface area contributed by atoms with Crippen molar-refractivity contribution >= 4 is 17.5 Å². The summed E-state index contributed by atoms with van der Waals surface area (Å²) in [6, 6.07) is 1.82. The second-order valence-electron chi connectivity index (χ2n) is 4.60. The number of halogens is 1. The van der Waals surface area contributed by atoms with Crippen LogP contribution in [0.15, 0.2) is 12.3 Å². The van der Waals surface area contributed by atoms with E-state index in [1.165, 1.54) is 12.8 Å². The van der Waals surface area contributed by atoms with Crippen molar-refractivity contribution in [3.8, 4) is 0 Å². The van der Waals surface area contributed by atoms with Crippen molar-refractivity contribution in [3.05, 3.63) is 23.0 Å². The molecule has 17 heavy (non-hydrogen) atoms. The van der Waals surface area contributed by atoms with Crippen LogP contribution in [0.3, 0.4) is 0 Å². The number of amides is 1. The molecule has 0 aliphatic carbocycles. The van der Waals surface area contributed by atoms with E-state index in [0.717, 1.165) is 13.1 Å². The molecule has 1 aliphatic heterocycles. The van der Waals surface area contributed by atoms with Crippen LogP contribution in [-0.2, 0) is 0 Å². The van der Waals surface area contributed by atoms with E-state index in [1.807, 2.05) is 0 Å². The molecule has 0 spiro atoms. The van der Waals surface area contributed by atoms with Crippen molar-refractivity contribution < 1.29 is 4.79 Å². The number of aromatic nitrogens is 1. The van der Waals surface area contributed by atoms with E-state index in [9.17, 15) is 4.79 Å². The molecule has 0 bridgehead atoms. The van der Waals surface area contributed by atoms with Gasteiger partial charge in [0, 0.05) is 12.2 Å². The number of aromatic amines is 1. The lowest BCUT2D eigenvalue weighted by atomic mass is 9.93. The van der Waals surface area contributed by atoms with Crippen LogP contribution < -0.4 is 10.6 Å². The van der Waals surface area contributed by atoms with Crippen LogP contribution in [0, 0.1) is 5.92 Å². The van der Waals surface area contributed by atoms with Gasteiger partial charge in [-0.1, -0.05) is 11.6 Å². The first-order chi connectivity index (χ1) is 8.16. The Morgan fingerprint density at radius 2 is 2.47 bits per heavy atom. The lowest BCUT2D eigenvalue weighted by Gasteiger charge is -2.28. The first-order valence-corrected chi connectivity index (χ1v) is 6.40. The molecule has 2 unspecified atom stereocenters. The van der Waals surface area contributed by atoms with Crippen molar-refractivity contribution in [2.24, 2.45) is 5.92 Å². The third-order valence-electron chi connectivity index (χ3n) is 3.29. The Balaban J connectivity index is 1.89. The number of carbonyl (C=O) groups is 1. The molecule has 94 valence electrons. The second-order valence-corrected chi connectivity index (χ2v) is 5.04. The quantitative estimate of drug-likeness (QED) is 0.771. The first-order valence-electron chi connectivity index (χ1n) is 6.02. The van der Waals surface area contributed by atoms with Crippen LogP contribution in [0.25, 0.3) is 0 Å². The van der Waals surface area contributed by atoms with Crippen molar-refractivity contribution in [1.29, 1.82) is 0 Å². The number of rotatable bonds is 3. The summed E-state index contributed by atoms with van der Waals surface area (Å²) in [6.07, 6.45) is 3.96. The van der Waals surface area contributed by atoms with Gasteiger partial charge in [0.2, 0.25) is 0 Å². The fourth-order valence-corrected chi connectivity index (χ4v) is 2.37. The molecule has 2 heterocycles. The fraction of sp³-hybridized carbons (Fsp3) is 0.583. The Morgan fingerprint density at radius 1 is 1.65 bits per heavy atom. The monoisotopic (exact) mass is 255 g/mol. The summed E-state index contributed by atoms with van der Waals surface area (Å²) in [5, 5.41) is 6.92. The van der Waals surface area contributed by atoms with Crippen molar-refractivity contribution in [2.45, 2.75) is 25.8 Å². The van der Waals surface area contributed by atoms with E-state index >= 15 is 0 Å². The number of piperidine rings is 1. The highest BCUT2D eigenvalue weighted by atomic mass is 35.5. The van der Waals surface area contributed by atoms with Gasteiger partial charge < -0.3 is 15.6 Å². The molecule has 0 saturated carbocycles. The van der Waals surface area contributed by atoms with Crippen LogP contribution in [0.1, 0.15) is 30.3 Å². The van der Waals surface area contributed by atoms with E-state index in [0.29, 0.717) is 16.6 Å². The lowest BCUT2D eigenvalue weighted by molar-refractivity contribution is 0.0917. The van der Waals surface area contributed by atoms with Gasteiger partial charge >= 0.3 is 0 Å². The minimum Gasteiger partial charge on any atom is -0.356 e. The third-order valence-corrected chi connectivity index (χ3v) is 3.51. The van der Waals surface area contributed by atoms with Gasteiger partial charge in [-0.15, -0.1) is 0 Å². The zero-order valence-electron chi connectivity index (χ0n) is 9.92. The molecule has 1 aromatic rings. The number of hydrogen-bond donors (Lipinski definition) is 3. The number of nitrogens with one attached hydrogen (secondary N) is 3. The summed E-state index contributed by atoms with van der Waals surface area (Å²) in [5.74, 6) is 0.424. The molecule has 1 fully saturated rings. The smallest absolute Gasteiger partial charge is 0.267 e. The Bertz CT molecular complexity index is 385. The van der Waals surface area contributed by atoms with Gasteiger partial charge in [-0.05, 0) is 44.8 Å². The third kappa shape index (κ3) is 3.23. The Kier molecular flexibility index (Phi) is 4.07. The average molecular weight is 256 g/mol. The molecule has 1 saturated heterocycles. The molecule has 0 aromatic carbocycles. The number of hydrogen-bond acceptors (Lipinski definition) is 2. The standard InChI is InChI=1S/C12H18ClN3O/c1-8(9-3-2-4-14-6-9)16-12(17)11-5-10(13)7-15-11/h5,7-9,14-15H,2-4,6H2,1H3,(H,16,17). The number of H-pyrrole nitrogens is 1. The zero-order valence-corrected chi connectivity index (χ0v) is 10.7. The lowest BCUT2D eigenvalue weighted by Crippen LogP contribution is -2.44. The molecule has 3 N–H and O–H groups in total. The van der Waals surface area contributed by atoms with E-state index in [1.54, 1.807) is 12.3 Å².